The van der Waals surface area contributed by atoms with Crippen LogP contribution in [0.15, 0.2) is 48.5 Å². The van der Waals surface area contributed by atoms with Gasteiger partial charge in [-0.05, 0) is 67.5 Å². The van der Waals surface area contributed by atoms with Crippen LogP contribution in [0.25, 0.3) is 0 Å². The van der Waals surface area contributed by atoms with E-state index in [0.29, 0.717) is 12.1 Å². The Morgan fingerprint density at radius 2 is 1.12 bits per heavy atom. The maximum atomic E-state index is 5.20. The number of benzene rings is 2. The third-order valence-corrected chi connectivity index (χ3v) is 4.92. The third kappa shape index (κ3) is 5.65. The topological polar surface area (TPSA) is 30.5 Å². The number of halogens is 1. The van der Waals surface area contributed by atoms with Gasteiger partial charge in [-0.25, -0.2) is 0 Å². The molecule has 3 rings (SSSR count). The Kier molecular flexibility index (Phi) is 7.60. The zero-order chi connectivity index (χ0) is 16.8. The summed E-state index contributed by atoms with van der Waals surface area (Å²) in [7, 11) is 3.42. The first-order chi connectivity index (χ1) is 11.8. The summed E-state index contributed by atoms with van der Waals surface area (Å²) in [5.41, 5.74) is 2.78. The van der Waals surface area contributed by atoms with Crippen LogP contribution >= 0.6 is 12.4 Å². The van der Waals surface area contributed by atoms with Gasteiger partial charge in [0.25, 0.3) is 0 Å². The summed E-state index contributed by atoms with van der Waals surface area (Å²) >= 11 is 0. The molecule has 0 aromatic heterocycles. The first-order valence-corrected chi connectivity index (χ1v) is 8.78. The van der Waals surface area contributed by atoms with E-state index in [1.165, 1.54) is 30.4 Å². The lowest BCUT2D eigenvalue weighted by Gasteiger charge is -2.37. The summed E-state index contributed by atoms with van der Waals surface area (Å²) in [5, 5.41) is 3.72. The SMILES string of the molecule is COc1ccc(CC[C@@H]2C[C@H](CCc3ccc(OC)cc3)N2)cc1.Cl. The molecule has 2 aromatic carbocycles. The van der Waals surface area contributed by atoms with Crippen LogP contribution in [0.1, 0.15) is 30.4 Å². The van der Waals surface area contributed by atoms with Crippen molar-refractivity contribution in [3.8, 4) is 11.5 Å². The van der Waals surface area contributed by atoms with Crippen molar-refractivity contribution in [2.45, 2.75) is 44.2 Å². The fourth-order valence-electron chi connectivity index (χ4n) is 3.32. The molecule has 1 N–H and O–H groups in total. The van der Waals surface area contributed by atoms with Gasteiger partial charge in [-0.1, -0.05) is 24.3 Å². The molecule has 0 bridgehead atoms. The molecule has 3 nitrogen and oxygen atoms in total. The predicted molar refractivity (Wildman–Crippen MR) is 105 cm³/mol. The highest BCUT2D eigenvalue weighted by atomic mass is 35.5. The first-order valence-electron chi connectivity index (χ1n) is 8.78. The van der Waals surface area contributed by atoms with Gasteiger partial charge in [-0.2, -0.15) is 0 Å². The fourth-order valence-corrected chi connectivity index (χ4v) is 3.32. The molecule has 0 saturated carbocycles. The van der Waals surface area contributed by atoms with Crippen LogP contribution in [0.5, 0.6) is 11.5 Å². The van der Waals surface area contributed by atoms with Crippen LogP contribution in [0, 0.1) is 0 Å². The number of aryl methyl sites for hydroxylation is 2. The molecule has 0 aliphatic carbocycles. The lowest BCUT2D eigenvalue weighted by Crippen LogP contribution is -2.52. The molecule has 0 amide bonds. The highest BCUT2D eigenvalue weighted by Crippen LogP contribution is 2.22. The minimum Gasteiger partial charge on any atom is -0.497 e. The number of methoxy groups -OCH3 is 2. The van der Waals surface area contributed by atoms with Crippen LogP contribution in [-0.2, 0) is 12.8 Å². The van der Waals surface area contributed by atoms with E-state index in [0.717, 1.165) is 24.3 Å². The molecule has 2 aromatic rings. The van der Waals surface area contributed by atoms with Crippen molar-refractivity contribution in [3.05, 3.63) is 59.7 Å². The second kappa shape index (κ2) is 9.69. The second-order valence-corrected chi connectivity index (χ2v) is 6.57. The van der Waals surface area contributed by atoms with E-state index in [1.807, 2.05) is 24.3 Å². The molecular weight excluding hydrogens is 334 g/mol. The van der Waals surface area contributed by atoms with Gasteiger partial charge in [0.2, 0.25) is 0 Å². The number of hydrogen-bond donors (Lipinski definition) is 1. The zero-order valence-electron chi connectivity index (χ0n) is 15.0. The van der Waals surface area contributed by atoms with Gasteiger partial charge in [-0.3, -0.25) is 0 Å². The van der Waals surface area contributed by atoms with Crippen molar-refractivity contribution in [1.29, 1.82) is 0 Å². The monoisotopic (exact) mass is 361 g/mol. The molecular formula is C21H28ClNO2. The summed E-state index contributed by atoms with van der Waals surface area (Å²) in [5.74, 6) is 1.86. The molecule has 25 heavy (non-hydrogen) atoms. The quantitative estimate of drug-likeness (QED) is 0.754. The highest BCUT2D eigenvalue weighted by Gasteiger charge is 2.26. The molecule has 2 atom stereocenters. The van der Waals surface area contributed by atoms with E-state index in [4.69, 9.17) is 9.47 Å². The predicted octanol–water partition coefficient (Wildman–Crippen LogP) is 4.42. The van der Waals surface area contributed by atoms with E-state index >= 15 is 0 Å². The zero-order valence-corrected chi connectivity index (χ0v) is 15.9. The van der Waals surface area contributed by atoms with Gasteiger partial charge in [-0.15, -0.1) is 12.4 Å². The van der Waals surface area contributed by atoms with Gasteiger partial charge in [0.1, 0.15) is 11.5 Å². The van der Waals surface area contributed by atoms with Gasteiger partial charge in [0.05, 0.1) is 14.2 Å². The normalized spacial score (nSPS) is 18.8. The Hall–Kier alpha value is -1.71. The van der Waals surface area contributed by atoms with Gasteiger partial charge < -0.3 is 14.8 Å². The minimum atomic E-state index is 0. The Balaban J connectivity index is 0.00000225. The lowest BCUT2D eigenvalue weighted by molar-refractivity contribution is 0.240. The Morgan fingerprint density at radius 3 is 1.44 bits per heavy atom. The Labute approximate surface area is 157 Å². The van der Waals surface area contributed by atoms with E-state index in [-0.39, 0.29) is 12.4 Å². The molecule has 136 valence electrons. The highest BCUT2D eigenvalue weighted by molar-refractivity contribution is 5.85. The van der Waals surface area contributed by atoms with Crippen molar-refractivity contribution in [2.75, 3.05) is 14.2 Å². The third-order valence-electron chi connectivity index (χ3n) is 4.92. The van der Waals surface area contributed by atoms with Gasteiger partial charge in [0.15, 0.2) is 0 Å². The maximum Gasteiger partial charge on any atom is 0.118 e. The van der Waals surface area contributed by atoms with E-state index in [2.05, 4.69) is 29.6 Å². The number of rotatable bonds is 8. The van der Waals surface area contributed by atoms with Crippen LogP contribution in [0.3, 0.4) is 0 Å². The summed E-state index contributed by atoms with van der Waals surface area (Å²) in [6.45, 7) is 0. The van der Waals surface area contributed by atoms with E-state index in [1.54, 1.807) is 14.2 Å². The van der Waals surface area contributed by atoms with Crippen molar-refractivity contribution in [3.63, 3.8) is 0 Å². The largest absolute Gasteiger partial charge is 0.497 e. The molecule has 1 heterocycles. The molecule has 0 unspecified atom stereocenters. The van der Waals surface area contributed by atoms with E-state index in [9.17, 15) is 0 Å². The van der Waals surface area contributed by atoms with Crippen molar-refractivity contribution in [1.82, 2.24) is 5.32 Å². The Bertz CT molecular complexity index is 566. The van der Waals surface area contributed by atoms with Crippen LogP contribution in [0.2, 0.25) is 0 Å². The number of nitrogens with one attached hydrogen (secondary N) is 1. The maximum absolute atomic E-state index is 5.20. The van der Waals surface area contributed by atoms with Crippen molar-refractivity contribution in [2.24, 2.45) is 0 Å². The molecule has 0 spiro atoms. The van der Waals surface area contributed by atoms with Crippen LogP contribution in [-0.4, -0.2) is 26.3 Å². The summed E-state index contributed by atoms with van der Waals surface area (Å²) in [6.07, 6.45) is 5.99. The number of ether oxygens (including phenoxy) is 2. The summed E-state index contributed by atoms with van der Waals surface area (Å²) < 4.78 is 10.4. The number of hydrogen-bond acceptors (Lipinski definition) is 3. The van der Waals surface area contributed by atoms with Crippen molar-refractivity contribution >= 4 is 12.4 Å². The fraction of sp³-hybridized carbons (Fsp3) is 0.429. The molecule has 4 heteroatoms. The summed E-state index contributed by atoms with van der Waals surface area (Å²) in [4.78, 5) is 0. The molecule has 1 fully saturated rings. The summed E-state index contributed by atoms with van der Waals surface area (Å²) in [6, 6.07) is 18.2. The van der Waals surface area contributed by atoms with Crippen molar-refractivity contribution < 1.29 is 9.47 Å². The molecule has 1 aliphatic rings. The van der Waals surface area contributed by atoms with Gasteiger partial charge >= 0.3 is 0 Å². The van der Waals surface area contributed by atoms with Crippen LogP contribution < -0.4 is 14.8 Å². The van der Waals surface area contributed by atoms with Crippen LogP contribution in [0.4, 0.5) is 0 Å². The van der Waals surface area contributed by atoms with Gasteiger partial charge in [0, 0.05) is 12.1 Å². The average molecular weight is 362 g/mol. The molecule has 1 aliphatic heterocycles. The Morgan fingerprint density at radius 1 is 0.760 bits per heavy atom. The standard InChI is InChI=1S/C21H27NO2.ClH/c1-23-20-11-5-16(6-12-20)3-9-18-15-19(22-18)10-4-17-7-13-21(24-2)14-8-17;/h5-8,11-14,18-19,22H,3-4,9-10,15H2,1-2H3;1H/t18-,19+;. The molecule has 1 saturated heterocycles. The first kappa shape index (κ1) is 19.6. The lowest BCUT2D eigenvalue weighted by atomic mass is 9.88. The molecule has 0 radical (unpaired) electrons. The average Bonchev–Trinajstić information content (AvgIpc) is 2.61. The minimum absolute atomic E-state index is 0. The van der Waals surface area contributed by atoms with E-state index < -0.39 is 0 Å². The second-order valence-electron chi connectivity index (χ2n) is 6.57. The smallest absolute Gasteiger partial charge is 0.118 e.